The number of carboxylic acids is 1. The molecule has 1 unspecified atom stereocenters. The molecule has 4 N–H and O–H groups in total. The molecule has 0 radical (unpaired) electrons. The number of pyridine rings is 1. The molecule has 1 amide bonds. The molecule has 0 saturated carbocycles. The Balaban J connectivity index is 2.64. The highest BCUT2D eigenvalue weighted by Crippen LogP contribution is 2.07. The Morgan fingerprint density at radius 3 is 2.88 bits per heavy atom. The third-order valence-corrected chi connectivity index (χ3v) is 2.06. The molecule has 0 spiro atoms. The van der Waals surface area contributed by atoms with Gasteiger partial charge in [0.2, 0.25) is 5.91 Å². The average molecular weight is 223 g/mol. The highest BCUT2D eigenvalue weighted by Gasteiger charge is 2.10. The summed E-state index contributed by atoms with van der Waals surface area (Å²) in [6.45, 7) is 1.82. The van der Waals surface area contributed by atoms with Gasteiger partial charge in [-0.05, 0) is 12.1 Å². The maximum Gasteiger partial charge on any atom is 0.308 e. The Labute approximate surface area is 92.5 Å². The normalized spacial score (nSPS) is 11.8. The van der Waals surface area contributed by atoms with Gasteiger partial charge in [-0.1, -0.05) is 6.92 Å². The van der Waals surface area contributed by atoms with Gasteiger partial charge in [0.25, 0.3) is 0 Å². The van der Waals surface area contributed by atoms with E-state index in [0.29, 0.717) is 11.4 Å². The third kappa shape index (κ3) is 3.23. The van der Waals surface area contributed by atoms with E-state index in [-0.39, 0.29) is 6.54 Å². The number of rotatable bonds is 5. The van der Waals surface area contributed by atoms with Crippen molar-refractivity contribution in [2.24, 2.45) is 11.7 Å². The van der Waals surface area contributed by atoms with Crippen molar-refractivity contribution < 1.29 is 14.7 Å². The van der Waals surface area contributed by atoms with Crippen molar-refractivity contribution >= 4 is 17.7 Å². The second-order valence-electron chi connectivity index (χ2n) is 3.41. The predicted octanol–water partition coefficient (Wildman–Crippen LogP) is 0.313. The van der Waals surface area contributed by atoms with Crippen molar-refractivity contribution in [2.75, 3.05) is 11.9 Å². The van der Waals surface area contributed by atoms with Crippen LogP contribution in [-0.2, 0) is 4.79 Å². The molecule has 1 atom stereocenters. The monoisotopic (exact) mass is 223 g/mol. The fourth-order valence-corrected chi connectivity index (χ4v) is 1.03. The Morgan fingerprint density at radius 2 is 2.31 bits per heavy atom. The van der Waals surface area contributed by atoms with Gasteiger partial charge in [0.15, 0.2) is 0 Å². The number of carboxylic acid groups (broad SMARTS) is 1. The average Bonchev–Trinajstić information content (AvgIpc) is 2.26. The SMILES string of the molecule is CC(CNc1cc(C(N)=O)ccn1)C(=O)O. The highest BCUT2D eigenvalue weighted by molar-refractivity contribution is 5.93. The summed E-state index contributed by atoms with van der Waals surface area (Å²) < 4.78 is 0. The fourth-order valence-electron chi connectivity index (χ4n) is 1.03. The molecular formula is C10H13N3O3. The quantitative estimate of drug-likeness (QED) is 0.666. The summed E-state index contributed by atoms with van der Waals surface area (Å²) in [6.07, 6.45) is 1.44. The van der Waals surface area contributed by atoms with Crippen LogP contribution in [0.5, 0.6) is 0 Å². The minimum atomic E-state index is -0.890. The Hall–Kier alpha value is -2.11. The lowest BCUT2D eigenvalue weighted by atomic mass is 10.2. The van der Waals surface area contributed by atoms with E-state index in [1.54, 1.807) is 6.92 Å². The molecule has 0 saturated heterocycles. The minimum absolute atomic E-state index is 0.241. The summed E-state index contributed by atoms with van der Waals surface area (Å²) in [7, 11) is 0. The number of aliphatic carboxylic acids is 1. The Bertz CT molecular complexity index is 406. The molecule has 0 fully saturated rings. The van der Waals surface area contributed by atoms with Crippen molar-refractivity contribution in [3.05, 3.63) is 23.9 Å². The van der Waals surface area contributed by atoms with Crippen LogP contribution in [0.25, 0.3) is 0 Å². The second kappa shape index (κ2) is 5.11. The molecule has 0 aliphatic heterocycles. The van der Waals surface area contributed by atoms with E-state index in [0.717, 1.165) is 0 Å². The van der Waals surface area contributed by atoms with Crippen molar-refractivity contribution in [1.82, 2.24) is 4.98 Å². The summed E-state index contributed by atoms with van der Waals surface area (Å²) in [5, 5.41) is 11.5. The van der Waals surface area contributed by atoms with E-state index in [1.807, 2.05) is 0 Å². The minimum Gasteiger partial charge on any atom is -0.481 e. The van der Waals surface area contributed by atoms with E-state index in [9.17, 15) is 9.59 Å². The van der Waals surface area contributed by atoms with E-state index < -0.39 is 17.8 Å². The fraction of sp³-hybridized carbons (Fsp3) is 0.300. The zero-order valence-corrected chi connectivity index (χ0v) is 8.80. The lowest BCUT2D eigenvalue weighted by Gasteiger charge is -2.09. The summed E-state index contributed by atoms with van der Waals surface area (Å²) in [4.78, 5) is 25.4. The van der Waals surface area contributed by atoms with Gasteiger partial charge in [-0.3, -0.25) is 9.59 Å². The standard InChI is InChI=1S/C10H13N3O3/c1-6(10(15)16)5-13-8-4-7(9(11)14)2-3-12-8/h2-4,6H,5H2,1H3,(H2,11,14)(H,12,13)(H,15,16). The summed E-state index contributed by atoms with van der Waals surface area (Å²) in [5.74, 6) is -1.53. The molecule has 1 rings (SSSR count). The lowest BCUT2D eigenvalue weighted by Crippen LogP contribution is -2.20. The van der Waals surface area contributed by atoms with Crippen LogP contribution in [0, 0.1) is 5.92 Å². The number of hydrogen-bond acceptors (Lipinski definition) is 4. The van der Waals surface area contributed by atoms with Gasteiger partial charge < -0.3 is 16.2 Å². The first-order chi connectivity index (χ1) is 7.50. The second-order valence-corrected chi connectivity index (χ2v) is 3.41. The zero-order chi connectivity index (χ0) is 12.1. The van der Waals surface area contributed by atoms with Crippen molar-refractivity contribution in [3.8, 4) is 0 Å². The van der Waals surface area contributed by atoms with Crippen LogP contribution in [-0.4, -0.2) is 28.5 Å². The van der Waals surface area contributed by atoms with Crippen LogP contribution in [0.15, 0.2) is 18.3 Å². The van der Waals surface area contributed by atoms with E-state index in [4.69, 9.17) is 10.8 Å². The molecule has 16 heavy (non-hydrogen) atoms. The first-order valence-electron chi connectivity index (χ1n) is 4.73. The van der Waals surface area contributed by atoms with Gasteiger partial charge in [0, 0.05) is 18.3 Å². The first-order valence-corrected chi connectivity index (χ1v) is 4.73. The first kappa shape index (κ1) is 12.0. The molecule has 6 heteroatoms. The highest BCUT2D eigenvalue weighted by atomic mass is 16.4. The molecule has 1 aromatic heterocycles. The van der Waals surface area contributed by atoms with E-state index in [1.165, 1.54) is 18.3 Å². The molecule has 6 nitrogen and oxygen atoms in total. The molecule has 0 aliphatic carbocycles. The largest absolute Gasteiger partial charge is 0.481 e. The van der Waals surface area contributed by atoms with Gasteiger partial charge in [0.1, 0.15) is 5.82 Å². The number of nitrogens with zero attached hydrogens (tertiary/aromatic N) is 1. The number of nitrogens with one attached hydrogen (secondary N) is 1. The Morgan fingerprint density at radius 1 is 1.62 bits per heavy atom. The smallest absolute Gasteiger partial charge is 0.308 e. The molecule has 1 heterocycles. The van der Waals surface area contributed by atoms with Gasteiger partial charge in [0.05, 0.1) is 5.92 Å². The molecule has 86 valence electrons. The maximum absolute atomic E-state index is 10.9. The van der Waals surface area contributed by atoms with Crippen LogP contribution >= 0.6 is 0 Å². The van der Waals surface area contributed by atoms with Crippen LogP contribution < -0.4 is 11.1 Å². The van der Waals surface area contributed by atoms with Crippen LogP contribution in [0.1, 0.15) is 17.3 Å². The summed E-state index contributed by atoms with van der Waals surface area (Å²) >= 11 is 0. The van der Waals surface area contributed by atoms with Crippen LogP contribution in [0.3, 0.4) is 0 Å². The number of carbonyl (C=O) groups is 2. The third-order valence-electron chi connectivity index (χ3n) is 2.06. The maximum atomic E-state index is 10.9. The number of carbonyl (C=O) groups excluding carboxylic acids is 1. The summed E-state index contributed by atoms with van der Waals surface area (Å²) in [6, 6.07) is 2.98. The zero-order valence-electron chi connectivity index (χ0n) is 8.80. The van der Waals surface area contributed by atoms with E-state index >= 15 is 0 Å². The van der Waals surface area contributed by atoms with Crippen molar-refractivity contribution in [3.63, 3.8) is 0 Å². The number of hydrogen-bond donors (Lipinski definition) is 3. The van der Waals surface area contributed by atoms with Gasteiger partial charge >= 0.3 is 5.97 Å². The topological polar surface area (TPSA) is 105 Å². The molecule has 0 bridgehead atoms. The Kier molecular flexibility index (Phi) is 3.82. The van der Waals surface area contributed by atoms with Crippen molar-refractivity contribution in [1.29, 1.82) is 0 Å². The van der Waals surface area contributed by atoms with E-state index in [2.05, 4.69) is 10.3 Å². The van der Waals surface area contributed by atoms with Gasteiger partial charge in [-0.25, -0.2) is 4.98 Å². The number of primary amides is 1. The predicted molar refractivity (Wildman–Crippen MR) is 58.0 cm³/mol. The van der Waals surface area contributed by atoms with Gasteiger partial charge in [-0.2, -0.15) is 0 Å². The molecule has 1 aromatic rings. The molecule has 0 aliphatic rings. The van der Waals surface area contributed by atoms with Gasteiger partial charge in [-0.15, -0.1) is 0 Å². The summed E-state index contributed by atoms with van der Waals surface area (Å²) in [5.41, 5.74) is 5.43. The van der Waals surface area contributed by atoms with Crippen LogP contribution in [0.2, 0.25) is 0 Å². The van der Waals surface area contributed by atoms with Crippen LogP contribution in [0.4, 0.5) is 5.82 Å². The lowest BCUT2D eigenvalue weighted by molar-refractivity contribution is -0.140. The number of nitrogens with two attached hydrogens (primary N) is 1. The molecular weight excluding hydrogens is 210 g/mol. The number of amides is 1. The number of anilines is 1. The molecule has 0 aromatic carbocycles. The van der Waals surface area contributed by atoms with Crippen molar-refractivity contribution in [2.45, 2.75) is 6.92 Å². The number of aromatic nitrogens is 1.